The number of benzene rings is 2. The van der Waals surface area contributed by atoms with E-state index in [1.54, 1.807) is 0 Å². The van der Waals surface area contributed by atoms with Gasteiger partial charge in [-0.2, -0.15) is 0 Å². The lowest BCUT2D eigenvalue weighted by atomic mass is 10.0. The molecule has 0 heterocycles. The molecule has 0 saturated carbocycles. The maximum absolute atomic E-state index is 5.69. The summed E-state index contributed by atoms with van der Waals surface area (Å²) in [5, 5.41) is 1.37. The first-order valence-electron chi connectivity index (χ1n) is 6.29. The number of hydrogen-bond donors (Lipinski definition) is 0. The zero-order chi connectivity index (χ0) is 14.0. The first kappa shape index (κ1) is 14.1. The van der Waals surface area contributed by atoms with Crippen LogP contribution in [-0.2, 0) is 0 Å². The Bertz CT molecular complexity index is 645. The Labute approximate surface area is 125 Å². The van der Waals surface area contributed by atoms with Crippen LogP contribution in [0.5, 0.6) is 0 Å². The van der Waals surface area contributed by atoms with Crippen LogP contribution >= 0.6 is 15.9 Å². The quantitative estimate of drug-likeness (QED) is 0.556. The summed E-state index contributed by atoms with van der Waals surface area (Å²) >= 11 is 3.54. The molecule has 2 aromatic rings. The van der Waals surface area contributed by atoms with Crippen LogP contribution < -0.4 is 5.19 Å². The maximum Gasteiger partial charge on any atom is 0.0800 e. The molecule has 0 aliphatic heterocycles. The molecule has 0 amide bonds. The Balaban J connectivity index is 2.75. The summed E-state index contributed by atoms with van der Waals surface area (Å²) < 4.78 is 1.10. The molecule has 2 rings (SSSR count). The van der Waals surface area contributed by atoms with Gasteiger partial charge in [-0.05, 0) is 34.5 Å². The van der Waals surface area contributed by atoms with Gasteiger partial charge in [0.1, 0.15) is 0 Å². The zero-order valence-corrected chi connectivity index (χ0v) is 14.1. The fourth-order valence-electron chi connectivity index (χ4n) is 2.38. The van der Waals surface area contributed by atoms with Gasteiger partial charge in [-0.15, -0.1) is 6.42 Å². The van der Waals surface area contributed by atoms with E-state index in [0.717, 1.165) is 10.0 Å². The van der Waals surface area contributed by atoms with E-state index in [-0.39, 0.29) is 0 Å². The Morgan fingerprint density at radius 3 is 2.32 bits per heavy atom. The van der Waals surface area contributed by atoms with Crippen LogP contribution in [-0.4, -0.2) is 8.07 Å². The molecule has 0 aliphatic carbocycles. The monoisotopic (exact) mass is 328 g/mol. The minimum Gasteiger partial charge on any atom is -0.115 e. The highest BCUT2D eigenvalue weighted by molar-refractivity contribution is 9.10. The minimum absolute atomic E-state index is 1.04. The summed E-state index contributed by atoms with van der Waals surface area (Å²) in [7, 11) is -1.50. The Kier molecular flexibility index (Phi) is 3.98. The molecule has 19 heavy (non-hydrogen) atoms. The van der Waals surface area contributed by atoms with E-state index >= 15 is 0 Å². The highest BCUT2D eigenvalue weighted by Gasteiger charge is 2.23. The fourth-order valence-corrected chi connectivity index (χ4v) is 4.78. The third kappa shape index (κ3) is 3.00. The normalized spacial score (nSPS) is 11.1. The van der Waals surface area contributed by atoms with Gasteiger partial charge in [0.25, 0.3) is 0 Å². The van der Waals surface area contributed by atoms with Crippen LogP contribution in [0, 0.1) is 12.3 Å². The highest BCUT2D eigenvalue weighted by atomic mass is 79.9. The Hall–Kier alpha value is -1.30. The van der Waals surface area contributed by atoms with Gasteiger partial charge >= 0.3 is 0 Å². The summed E-state index contributed by atoms with van der Waals surface area (Å²) in [6.07, 6.45) is 5.69. The van der Waals surface area contributed by atoms with Gasteiger partial charge in [0.2, 0.25) is 0 Å². The average molecular weight is 329 g/mol. The standard InChI is InChI=1S/C17H17BrSi/c1-5-13-8-7-11-16(17(13)19(2,3)4)14-9-6-10-15(18)12-14/h1,6-12H,2-4H3. The molecule has 0 bridgehead atoms. The molecule has 0 unspecified atom stereocenters. The topological polar surface area (TPSA) is 0 Å². The van der Waals surface area contributed by atoms with Crippen LogP contribution in [0.1, 0.15) is 5.56 Å². The van der Waals surface area contributed by atoms with Crippen molar-refractivity contribution in [2.45, 2.75) is 19.6 Å². The molecular formula is C17H17BrSi. The molecule has 0 fully saturated rings. The van der Waals surface area contributed by atoms with Crippen LogP contribution in [0.4, 0.5) is 0 Å². The van der Waals surface area contributed by atoms with Crippen molar-refractivity contribution in [1.82, 2.24) is 0 Å². The third-order valence-electron chi connectivity index (χ3n) is 3.11. The maximum atomic E-state index is 5.69. The van der Waals surface area contributed by atoms with Gasteiger partial charge in [0, 0.05) is 10.0 Å². The second-order valence-corrected chi connectivity index (χ2v) is 11.5. The molecule has 0 N–H and O–H groups in total. The summed E-state index contributed by atoms with van der Waals surface area (Å²) in [5.41, 5.74) is 3.54. The molecule has 0 atom stereocenters. The van der Waals surface area contributed by atoms with E-state index in [1.807, 2.05) is 6.07 Å². The van der Waals surface area contributed by atoms with Crippen molar-refractivity contribution in [2.24, 2.45) is 0 Å². The summed E-state index contributed by atoms with van der Waals surface area (Å²) in [6.45, 7) is 7.01. The SMILES string of the molecule is C#Cc1cccc(-c2cccc(Br)c2)c1[Si](C)(C)C. The molecule has 96 valence electrons. The van der Waals surface area contributed by atoms with E-state index in [4.69, 9.17) is 6.42 Å². The van der Waals surface area contributed by atoms with Gasteiger partial charge in [-0.25, -0.2) is 0 Å². The minimum atomic E-state index is -1.50. The first-order chi connectivity index (χ1) is 8.93. The van der Waals surface area contributed by atoms with E-state index < -0.39 is 8.07 Å². The molecular weight excluding hydrogens is 312 g/mol. The second-order valence-electron chi connectivity index (χ2n) is 5.63. The summed E-state index contributed by atoms with van der Waals surface area (Å²) in [5.74, 6) is 2.85. The smallest absolute Gasteiger partial charge is 0.0800 e. The lowest BCUT2D eigenvalue weighted by molar-refractivity contribution is 1.58. The Morgan fingerprint density at radius 2 is 1.74 bits per heavy atom. The predicted molar refractivity (Wildman–Crippen MR) is 90.5 cm³/mol. The Morgan fingerprint density at radius 1 is 1.05 bits per heavy atom. The van der Waals surface area contributed by atoms with Crippen molar-refractivity contribution in [3.8, 4) is 23.5 Å². The highest BCUT2D eigenvalue weighted by Crippen LogP contribution is 2.25. The van der Waals surface area contributed by atoms with Gasteiger partial charge in [-0.1, -0.05) is 65.8 Å². The van der Waals surface area contributed by atoms with Crippen LogP contribution in [0.2, 0.25) is 19.6 Å². The largest absolute Gasteiger partial charge is 0.115 e. The second kappa shape index (κ2) is 5.36. The van der Waals surface area contributed by atoms with Crippen molar-refractivity contribution in [3.63, 3.8) is 0 Å². The average Bonchev–Trinajstić information content (AvgIpc) is 2.36. The molecule has 0 aromatic heterocycles. The molecule has 2 heteroatoms. The molecule has 0 saturated heterocycles. The number of rotatable bonds is 2. The van der Waals surface area contributed by atoms with Gasteiger partial charge in [0.05, 0.1) is 8.07 Å². The molecule has 0 aliphatic rings. The van der Waals surface area contributed by atoms with Crippen molar-refractivity contribution in [2.75, 3.05) is 0 Å². The van der Waals surface area contributed by atoms with Crippen LogP contribution in [0.3, 0.4) is 0 Å². The summed E-state index contributed by atoms with van der Waals surface area (Å²) in [6, 6.07) is 14.7. The van der Waals surface area contributed by atoms with Crippen molar-refractivity contribution < 1.29 is 0 Å². The molecule has 2 aromatic carbocycles. The summed E-state index contributed by atoms with van der Waals surface area (Å²) in [4.78, 5) is 0. The number of terminal acetylenes is 1. The lowest BCUT2D eigenvalue weighted by Crippen LogP contribution is -2.41. The molecule has 0 nitrogen and oxygen atoms in total. The number of hydrogen-bond acceptors (Lipinski definition) is 0. The van der Waals surface area contributed by atoms with E-state index in [0.29, 0.717) is 0 Å². The lowest BCUT2D eigenvalue weighted by Gasteiger charge is -2.23. The zero-order valence-electron chi connectivity index (χ0n) is 11.5. The van der Waals surface area contributed by atoms with Crippen LogP contribution in [0.25, 0.3) is 11.1 Å². The number of halogens is 1. The van der Waals surface area contributed by atoms with E-state index in [9.17, 15) is 0 Å². The fraction of sp³-hybridized carbons (Fsp3) is 0.176. The van der Waals surface area contributed by atoms with Gasteiger partial charge in [-0.3, -0.25) is 0 Å². The van der Waals surface area contributed by atoms with Gasteiger partial charge < -0.3 is 0 Å². The molecule has 0 spiro atoms. The van der Waals surface area contributed by atoms with Gasteiger partial charge in [0.15, 0.2) is 0 Å². The van der Waals surface area contributed by atoms with Crippen LogP contribution in [0.15, 0.2) is 46.9 Å². The van der Waals surface area contributed by atoms with E-state index in [1.165, 1.54) is 16.3 Å². The predicted octanol–water partition coefficient (Wildman–Crippen LogP) is 4.64. The van der Waals surface area contributed by atoms with Crippen molar-refractivity contribution in [3.05, 3.63) is 52.5 Å². The van der Waals surface area contributed by atoms with Crippen molar-refractivity contribution >= 4 is 29.2 Å². The molecule has 0 radical (unpaired) electrons. The van der Waals surface area contributed by atoms with E-state index in [2.05, 4.69) is 77.9 Å². The first-order valence-corrected chi connectivity index (χ1v) is 10.6. The third-order valence-corrected chi connectivity index (χ3v) is 5.64. The van der Waals surface area contributed by atoms with Crippen molar-refractivity contribution in [1.29, 1.82) is 0 Å².